The van der Waals surface area contributed by atoms with Crippen LogP contribution in [0, 0.1) is 11.8 Å². The average Bonchev–Trinajstić information content (AvgIpc) is 2.77. The van der Waals surface area contributed by atoms with E-state index in [1.165, 1.54) is 27.2 Å². The smallest absolute Gasteiger partial charge is 0.234 e. The molecule has 1 aliphatic heterocycles. The topological polar surface area (TPSA) is 37.4 Å². The molecule has 0 spiro atoms. The van der Waals surface area contributed by atoms with Crippen molar-refractivity contribution < 1.29 is 9.59 Å². The second-order valence-electron chi connectivity index (χ2n) is 6.83. The number of carbonyl (C=O) groups is 2. The minimum absolute atomic E-state index is 0.0493. The molecule has 114 valence electrons. The van der Waals surface area contributed by atoms with Crippen LogP contribution in [0.2, 0.25) is 0 Å². The number of amides is 2. The maximum Gasteiger partial charge on any atom is 0.234 e. The minimum Gasteiger partial charge on any atom is -0.282 e. The van der Waals surface area contributed by atoms with Crippen LogP contribution in [-0.4, -0.2) is 23.3 Å². The number of imide groups is 1. The van der Waals surface area contributed by atoms with Crippen LogP contribution in [0.15, 0.2) is 35.4 Å². The van der Waals surface area contributed by atoms with Crippen LogP contribution in [0.25, 0.3) is 0 Å². The largest absolute Gasteiger partial charge is 0.282 e. The first kappa shape index (κ1) is 13.7. The number of carbonyl (C=O) groups excluding carboxylic acids is 2. The van der Waals surface area contributed by atoms with Crippen LogP contribution in [-0.2, 0) is 9.59 Å². The van der Waals surface area contributed by atoms with Gasteiger partial charge >= 0.3 is 0 Å². The molecule has 1 fully saturated rings. The van der Waals surface area contributed by atoms with Gasteiger partial charge in [-0.15, -0.1) is 0 Å². The van der Waals surface area contributed by atoms with Gasteiger partial charge in [0.05, 0.1) is 11.8 Å². The molecule has 3 aliphatic carbocycles. The van der Waals surface area contributed by atoms with E-state index in [4.69, 9.17) is 0 Å². The van der Waals surface area contributed by atoms with Gasteiger partial charge in [-0.1, -0.05) is 42.3 Å². The van der Waals surface area contributed by atoms with Gasteiger partial charge in [-0.2, -0.15) is 0 Å². The highest BCUT2D eigenvalue weighted by molar-refractivity contribution is 6.07. The van der Waals surface area contributed by atoms with Crippen molar-refractivity contribution in [2.45, 2.75) is 39.0 Å². The lowest BCUT2D eigenvalue weighted by molar-refractivity contribution is -0.140. The second kappa shape index (κ2) is 4.55. The van der Waals surface area contributed by atoms with Crippen molar-refractivity contribution in [3.8, 4) is 0 Å². The Bertz CT molecular complexity index is 661. The van der Waals surface area contributed by atoms with Gasteiger partial charge in [-0.25, -0.2) is 0 Å². The molecule has 2 amide bonds. The molecule has 0 aromatic heterocycles. The number of nitrogens with zero attached hydrogens (tertiary/aromatic N) is 1. The van der Waals surface area contributed by atoms with Crippen LogP contribution >= 0.6 is 0 Å². The molecule has 0 N–H and O–H groups in total. The van der Waals surface area contributed by atoms with Gasteiger partial charge in [0, 0.05) is 18.4 Å². The van der Waals surface area contributed by atoms with Crippen molar-refractivity contribution in [3.05, 3.63) is 46.5 Å². The van der Waals surface area contributed by atoms with Crippen LogP contribution in [0.4, 0.5) is 0 Å². The molecule has 1 aromatic rings. The third-order valence-corrected chi connectivity index (χ3v) is 5.88. The Morgan fingerprint density at radius 3 is 1.77 bits per heavy atom. The SMILES string of the molecule is CCCN1C(=O)[C@@H]2[C@H](C1=O)[C@H]1C(C)=C(C)[C@@H]2c2ccccc21. The number of rotatable bonds is 2. The highest BCUT2D eigenvalue weighted by Crippen LogP contribution is 2.60. The zero-order valence-corrected chi connectivity index (χ0v) is 13.3. The fraction of sp³-hybridized carbons (Fsp3) is 0.474. The first-order chi connectivity index (χ1) is 10.6. The molecule has 0 saturated carbocycles. The maximum absolute atomic E-state index is 12.9. The van der Waals surface area contributed by atoms with Crippen molar-refractivity contribution in [2.24, 2.45) is 11.8 Å². The first-order valence-electron chi connectivity index (χ1n) is 8.19. The van der Waals surface area contributed by atoms with E-state index in [-0.39, 0.29) is 35.5 Å². The number of hydrogen-bond acceptors (Lipinski definition) is 2. The Kier molecular flexibility index (Phi) is 2.84. The monoisotopic (exact) mass is 295 g/mol. The second-order valence-corrected chi connectivity index (χ2v) is 6.83. The van der Waals surface area contributed by atoms with Gasteiger partial charge in [0.2, 0.25) is 11.8 Å². The van der Waals surface area contributed by atoms with Gasteiger partial charge in [0.15, 0.2) is 0 Å². The quantitative estimate of drug-likeness (QED) is 0.620. The summed E-state index contributed by atoms with van der Waals surface area (Å²) >= 11 is 0. The molecule has 0 unspecified atom stereocenters. The van der Waals surface area contributed by atoms with Crippen LogP contribution < -0.4 is 0 Å². The molecule has 4 aliphatic rings. The average molecular weight is 295 g/mol. The van der Waals surface area contributed by atoms with Crippen molar-refractivity contribution >= 4 is 11.8 Å². The Hall–Kier alpha value is -1.90. The van der Waals surface area contributed by atoms with Crippen LogP contribution in [0.3, 0.4) is 0 Å². The van der Waals surface area contributed by atoms with E-state index < -0.39 is 0 Å². The summed E-state index contributed by atoms with van der Waals surface area (Å²) in [7, 11) is 0. The first-order valence-corrected chi connectivity index (χ1v) is 8.19. The third-order valence-electron chi connectivity index (χ3n) is 5.88. The third kappa shape index (κ3) is 1.47. The summed E-state index contributed by atoms with van der Waals surface area (Å²) in [5.74, 6) is -0.0827. The van der Waals surface area contributed by atoms with E-state index >= 15 is 0 Å². The maximum atomic E-state index is 12.9. The summed E-state index contributed by atoms with van der Waals surface area (Å²) < 4.78 is 0. The van der Waals surface area contributed by atoms with Crippen molar-refractivity contribution in [1.82, 2.24) is 4.90 Å². The summed E-state index contributed by atoms with van der Waals surface area (Å²) in [6.07, 6.45) is 0.824. The van der Waals surface area contributed by atoms with Gasteiger partial charge in [-0.05, 0) is 31.4 Å². The Labute approximate surface area is 131 Å². The predicted molar refractivity (Wildman–Crippen MR) is 84.3 cm³/mol. The summed E-state index contributed by atoms with van der Waals surface area (Å²) in [6, 6.07) is 8.36. The van der Waals surface area contributed by atoms with Crippen molar-refractivity contribution in [1.29, 1.82) is 0 Å². The standard InChI is InChI=1S/C19H21NO2/c1-4-9-20-18(21)16-14-10(2)11(3)15(17(16)19(20)22)13-8-6-5-7-12(13)14/h5-8,14-17H,4,9H2,1-3H3/t14-,15+,16+,17-. The summed E-state index contributed by atoms with van der Waals surface area (Å²) in [4.78, 5) is 27.3. The molecule has 2 bridgehead atoms. The van der Waals surface area contributed by atoms with Crippen LogP contribution in [0.1, 0.15) is 50.2 Å². The molecule has 3 nitrogen and oxygen atoms in total. The lowest BCUT2D eigenvalue weighted by atomic mass is 9.55. The highest BCUT2D eigenvalue weighted by atomic mass is 16.2. The van der Waals surface area contributed by atoms with E-state index in [1.807, 2.05) is 19.1 Å². The lowest BCUT2D eigenvalue weighted by Gasteiger charge is -2.46. The van der Waals surface area contributed by atoms with Gasteiger partial charge in [0.25, 0.3) is 0 Å². The lowest BCUT2D eigenvalue weighted by Crippen LogP contribution is -2.40. The summed E-state index contributed by atoms with van der Waals surface area (Å²) in [5, 5.41) is 0. The predicted octanol–water partition coefficient (Wildman–Crippen LogP) is 3.23. The van der Waals surface area contributed by atoms with E-state index in [0.717, 1.165) is 6.42 Å². The van der Waals surface area contributed by atoms with Gasteiger partial charge in [0.1, 0.15) is 0 Å². The summed E-state index contributed by atoms with van der Waals surface area (Å²) in [5.41, 5.74) is 5.11. The number of likely N-dealkylation sites (tertiary alicyclic amines) is 1. The Morgan fingerprint density at radius 1 is 0.909 bits per heavy atom. The molecule has 1 aromatic carbocycles. The Morgan fingerprint density at radius 2 is 1.36 bits per heavy atom. The molecular weight excluding hydrogens is 274 g/mol. The number of allylic oxidation sites excluding steroid dienone is 2. The molecule has 1 heterocycles. The van der Waals surface area contributed by atoms with E-state index in [9.17, 15) is 9.59 Å². The fourth-order valence-electron chi connectivity index (χ4n) is 4.88. The normalized spacial score (nSPS) is 32.6. The Balaban J connectivity index is 1.91. The zero-order valence-electron chi connectivity index (χ0n) is 13.3. The fourth-order valence-corrected chi connectivity index (χ4v) is 4.88. The van der Waals surface area contributed by atoms with Crippen LogP contribution in [0.5, 0.6) is 0 Å². The van der Waals surface area contributed by atoms with Crippen molar-refractivity contribution in [3.63, 3.8) is 0 Å². The molecule has 3 heteroatoms. The molecular formula is C19H21NO2. The van der Waals surface area contributed by atoms with E-state index in [1.54, 1.807) is 0 Å². The molecule has 1 saturated heterocycles. The molecule has 22 heavy (non-hydrogen) atoms. The summed E-state index contributed by atoms with van der Waals surface area (Å²) in [6.45, 7) is 6.85. The zero-order chi connectivity index (χ0) is 15.6. The number of hydrogen-bond donors (Lipinski definition) is 0. The molecule has 4 atom stereocenters. The molecule has 5 rings (SSSR count). The molecule has 0 radical (unpaired) electrons. The van der Waals surface area contributed by atoms with E-state index in [2.05, 4.69) is 26.0 Å². The minimum atomic E-state index is -0.178. The van der Waals surface area contributed by atoms with E-state index in [0.29, 0.717) is 6.54 Å². The van der Waals surface area contributed by atoms with Gasteiger partial charge < -0.3 is 0 Å². The highest BCUT2D eigenvalue weighted by Gasteiger charge is 2.60. The van der Waals surface area contributed by atoms with Gasteiger partial charge in [-0.3, -0.25) is 14.5 Å². The van der Waals surface area contributed by atoms with Crippen molar-refractivity contribution in [2.75, 3.05) is 6.54 Å². The number of benzene rings is 1.